The van der Waals surface area contributed by atoms with Crippen LogP contribution in [0, 0.1) is 3.57 Å². The normalized spacial score (nSPS) is 14.6. The molecule has 3 aromatic carbocycles. The lowest BCUT2D eigenvalue weighted by molar-refractivity contribution is -0.113. The molecule has 0 N–H and O–H groups in total. The van der Waals surface area contributed by atoms with Crippen molar-refractivity contribution in [3.63, 3.8) is 0 Å². The van der Waals surface area contributed by atoms with E-state index >= 15 is 0 Å². The number of esters is 1. The van der Waals surface area contributed by atoms with Crippen LogP contribution in [0.15, 0.2) is 71.6 Å². The molecule has 34 heavy (non-hydrogen) atoms. The maximum atomic E-state index is 13.0. The Morgan fingerprint density at radius 2 is 1.91 bits per heavy atom. The standard InChI is InChI=1S/C25H17ClINO4S2/c1-2-31-21-12-15(10-11-20(21)32-24(30)18-8-3-4-9-19(18)27)13-22-23(29)28(25(33)34-22)17-7-5-6-16(26)14-17/h3-14H,2H2,1H3/b22-13-. The monoisotopic (exact) mass is 621 g/mol. The Hall–Kier alpha value is -2.40. The lowest BCUT2D eigenvalue weighted by Crippen LogP contribution is -2.27. The highest BCUT2D eigenvalue weighted by molar-refractivity contribution is 14.1. The summed E-state index contributed by atoms with van der Waals surface area (Å²) in [5, 5.41) is 0.521. The molecular formula is C25H17ClINO4S2. The summed E-state index contributed by atoms with van der Waals surface area (Å²) < 4.78 is 12.5. The molecular weight excluding hydrogens is 605 g/mol. The molecule has 3 aromatic rings. The average molecular weight is 622 g/mol. The quantitative estimate of drug-likeness (QED) is 0.0975. The van der Waals surface area contributed by atoms with Crippen molar-refractivity contribution < 1.29 is 19.1 Å². The number of rotatable bonds is 6. The highest BCUT2D eigenvalue weighted by Crippen LogP contribution is 2.38. The van der Waals surface area contributed by atoms with Gasteiger partial charge in [0.2, 0.25) is 0 Å². The zero-order valence-corrected chi connectivity index (χ0v) is 22.3. The Morgan fingerprint density at radius 1 is 1.12 bits per heavy atom. The van der Waals surface area contributed by atoms with E-state index < -0.39 is 5.97 Å². The van der Waals surface area contributed by atoms with Crippen molar-refractivity contribution in [2.75, 3.05) is 11.5 Å². The van der Waals surface area contributed by atoms with E-state index in [0.29, 0.717) is 49.2 Å². The number of amides is 1. The van der Waals surface area contributed by atoms with Crippen molar-refractivity contribution in [1.29, 1.82) is 0 Å². The fourth-order valence-corrected chi connectivity index (χ4v) is 5.30. The lowest BCUT2D eigenvalue weighted by Gasteiger charge is -2.14. The summed E-state index contributed by atoms with van der Waals surface area (Å²) in [5.41, 5.74) is 1.80. The Morgan fingerprint density at radius 3 is 2.65 bits per heavy atom. The highest BCUT2D eigenvalue weighted by atomic mass is 127. The molecule has 1 heterocycles. The van der Waals surface area contributed by atoms with Gasteiger partial charge < -0.3 is 9.47 Å². The molecule has 4 rings (SSSR count). The van der Waals surface area contributed by atoms with Crippen molar-refractivity contribution in [2.45, 2.75) is 6.92 Å². The van der Waals surface area contributed by atoms with Crippen LogP contribution in [0.4, 0.5) is 5.69 Å². The molecule has 1 amide bonds. The number of halogens is 2. The van der Waals surface area contributed by atoms with Crippen LogP contribution in [0.1, 0.15) is 22.8 Å². The molecule has 1 aliphatic heterocycles. The minimum absolute atomic E-state index is 0.232. The first kappa shape index (κ1) is 24.7. The van der Waals surface area contributed by atoms with Crippen LogP contribution in [-0.2, 0) is 4.79 Å². The largest absolute Gasteiger partial charge is 0.490 e. The van der Waals surface area contributed by atoms with Gasteiger partial charge in [0.15, 0.2) is 15.8 Å². The first-order valence-corrected chi connectivity index (χ1v) is 12.8. The van der Waals surface area contributed by atoms with Gasteiger partial charge in [-0.3, -0.25) is 9.69 Å². The molecule has 172 valence electrons. The number of hydrogen-bond donors (Lipinski definition) is 0. The number of thioether (sulfide) groups is 1. The lowest BCUT2D eigenvalue weighted by atomic mass is 10.1. The molecule has 1 saturated heterocycles. The Balaban J connectivity index is 1.60. The third kappa shape index (κ3) is 5.46. The van der Waals surface area contributed by atoms with Crippen molar-refractivity contribution in [1.82, 2.24) is 0 Å². The third-order valence-corrected chi connectivity index (χ3v) is 7.20. The van der Waals surface area contributed by atoms with Gasteiger partial charge in [-0.2, -0.15) is 0 Å². The second kappa shape index (κ2) is 10.9. The minimum atomic E-state index is -0.471. The molecule has 1 fully saturated rings. The molecule has 0 unspecified atom stereocenters. The van der Waals surface area contributed by atoms with Gasteiger partial charge in [-0.1, -0.05) is 59.8 Å². The number of thiocarbonyl (C=S) groups is 1. The van der Waals surface area contributed by atoms with Gasteiger partial charge >= 0.3 is 5.97 Å². The third-order valence-electron chi connectivity index (χ3n) is 4.72. The summed E-state index contributed by atoms with van der Waals surface area (Å²) in [6.45, 7) is 2.22. The van der Waals surface area contributed by atoms with Gasteiger partial charge in [-0.25, -0.2) is 4.79 Å². The SMILES string of the molecule is CCOc1cc(/C=C2\SC(=S)N(c3cccc(Cl)c3)C2=O)ccc1OC(=O)c1ccccc1I. The average Bonchev–Trinajstić information content (AvgIpc) is 3.08. The topological polar surface area (TPSA) is 55.8 Å². The molecule has 0 aliphatic carbocycles. The number of anilines is 1. The van der Waals surface area contributed by atoms with E-state index in [1.165, 1.54) is 16.7 Å². The summed E-state index contributed by atoms with van der Waals surface area (Å²) in [6.07, 6.45) is 1.73. The number of ether oxygens (including phenoxy) is 2. The second-order valence-corrected chi connectivity index (χ2v) is 10.3. The molecule has 0 atom stereocenters. The van der Waals surface area contributed by atoms with Crippen LogP contribution in [0.3, 0.4) is 0 Å². The van der Waals surface area contributed by atoms with Crippen LogP contribution >= 0.6 is 58.2 Å². The molecule has 9 heteroatoms. The maximum absolute atomic E-state index is 13.0. The number of benzene rings is 3. The number of carbonyl (C=O) groups excluding carboxylic acids is 2. The van der Waals surface area contributed by atoms with Crippen LogP contribution in [-0.4, -0.2) is 22.8 Å². The first-order valence-electron chi connectivity index (χ1n) is 10.1. The van der Waals surface area contributed by atoms with Crippen LogP contribution in [0.5, 0.6) is 11.5 Å². The maximum Gasteiger partial charge on any atom is 0.344 e. The van der Waals surface area contributed by atoms with Crippen molar-refractivity contribution in [3.8, 4) is 11.5 Å². The predicted molar refractivity (Wildman–Crippen MR) is 149 cm³/mol. The van der Waals surface area contributed by atoms with Gasteiger partial charge in [0, 0.05) is 8.59 Å². The summed E-state index contributed by atoms with van der Waals surface area (Å²) in [7, 11) is 0. The zero-order chi connectivity index (χ0) is 24.2. The molecule has 0 radical (unpaired) electrons. The van der Waals surface area contributed by atoms with E-state index in [1.54, 1.807) is 60.7 Å². The summed E-state index contributed by atoms with van der Waals surface area (Å²) in [6, 6.07) is 19.3. The second-order valence-electron chi connectivity index (χ2n) is 7.01. The molecule has 5 nitrogen and oxygen atoms in total. The van der Waals surface area contributed by atoms with Crippen molar-refractivity contribution in [3.05, 3.63) is 91.4 Å². The first-order chi connectivity index (χ1) is 16.4. The summed E-state index contributed by atoms with van der Waals surface area (Å²) in [4.78, 5) is 27.6. The van der Waals surface area contributed by atoms with E-state index in [2.05, 4.69) is 22.6 Å². The van der Waals surface area contributed by atoms with Crippen LogP contribution < -0.4 is 14.4 Å². The summed E-state index contributed by atoms with van der Waals surface area (Å²) >= 11 is 14.8. The number of nitrogens with zero attached hydrogens (tertiary/aromatic N) is 1. The molecule has 0 bridgehead atoms. The van der Waals surface area contributed by atoms with Crippen LogP contribution in [0.25, 0.3) is 6.08 Å². The molecule has 0 saturated carbocycles. The fourth-order valence-electron chi connectivity index (χ4n) is 3.21. The van der Waals surface area contributed by atoms with Gasteiger partial charge in [0.1, 0.15) is 0 Å². The van der Waals surface area contributed by atoms with Gasteiger partial charge in [0.25, 0.3) is 5.91 Å². The van der Waals surface area contributed by atoms with Crippen LogP contribution in [0.2, 0.25) is 5.02 Å². The Bertz CT molecular complexity index is 1330. The Kier molecular flexibility index (Phi) is 7.92. The molecule has 1 aliphatic rings. The minimum Gasteiger partial charge on any atom is -0.490 e. The van der Waals surface area contributed by atoms with E-state index in [1.807, 2.05) is 19.1 Å². The predicted octanol–water partition coefficient (Wildman–Crippen LogP) is 6.97. The molecule has 0 spiro atoms. The van der Waals surface area contributed by atoms with Crippen molar-refractivity contribution >= 4 is 86.1 Å². The fraction of sp³-hybridized carbons (Fsp3) is 0.0800. The van der Waals surface area contributed by atoms with E-state index in [4.69, 9.17) is 33.3 Å². The Labute approximate surface area is 225 Å². The van der Waals surface area contributed by atoms with Crippen molar-refractivity contribution in [2.24, 2.45) is 0 Å². The summed E-state index contributed by atoms with van der Waals surface area (Å²) in [5.74, 6) is 0.00136. The number of hydrogen-bond acceptors (Lipinski definition) is 6. The van der Waals surface area contributed by atoms with E-state index in [9.17, 15) is 9.59 Å². The van der Waals surface area contributed by atoms with Gasteiger partial charge in [0.05, 0.1) is 22.8 Å². The van der Waals surface area contributed by atoms with E-state index in [0.717, 1.165) is 3.57 Å². The smallest absolute Gasteiger partial charge is 0.344 e. The number of carbonyl (C=O) groups is 2. The molecule has 0 aromatic heterocycles. The van der Waals surface area contributed by atoms with Gasteiger partial charge in [-0.05, 0) is 83.6 Å². The zero-order valence-electron chi connectivity index (χ0n) is 17.8. The van der Waals surface area contributed by atoms with Gasteiger partial charge in [-0.15, -0.1) is 0 Å². The van der Waals surface area contributed by atoms with E-state index in [-0.39, 0.29) is 5.91 Å². The highest BCUT2D eigenvalue weighted by Gasteiger charge is 2.33.